The van der Waals surface area contributed by atoms with Crippen LogP contribution < -0.4 is 4.74 Å². The first-order chi connectivity index (χ1) is 6.59. The molecule has 0 spiro atoms. The van der Waals surface area contributed by atoms with E-state index in [0.29, 0.717) is 5.75 Å². The molecule has 76 valence electrons. The largest absolute Gasteiger partial charge is 0.491 e. The van der Waals surface area contributed by atoms with Crippen LogP contribution in [0.3, 0.4) is 0 Å². The van der Waals surface area contributed by atoms with Crippen molar-refractivity contribution < 1.29 is 19.0 Å². The van der Waals surface area contributed by atoms with Gasteiger partial charge in [-0.1, -0.05) is 0 Å². The third-order valence-electron chi connectivity index (χ3n) is 1.48. The van der Waals surface area contributed by atoms with E-state index in [0.717, 1.165) is 0 Å². The SMILES string of the molecule is O=C(O)C(Cl)COc1ccc(F)cc1. The number of carbonyl (C=O) groups is 1. The molecule has 0 fully saturated rings. The van der Waals surface area contributed by atoms with Crippen molar-refractivity contribution in [3.05, 3.63) is 30.1 Å². The molecule has 1 atom stereocenters. The lowest BCUT2D eigenvalue weighted by atomic mass is 10.3. The van der Waals surface area contributed by atoms with Crippen LogP contribution in [-0.2, 0) is 4.79 Å². The van der Waals surface area contributed by atoms with Crippen molar-refractivity contribution in [2.45, 2.75) is 5.38 Å². The Balaban J connectivity index is 2.46. The van der Waals surface area contributed by atoms with Gasteiger partial charge in [-0.3, -0.25) is 4.79 Å². The van der Waals surface area contributed by atoms with E-state index in [-0.39, 0.29) is 12.4 Å². The second-order valence-corrected chi connectivity index (χ2v) is 3.10. The minimum absolute atomic E-state index is 0.150. The molecule has 3 nitrogen and oxygen atoms in total. The molecule has 0 radical (unpaired) electrons. The van der Waals surface area contributed by atoms with Crippen LogP contribution in [0.5, 0.6) is 5.75 Å². The molecular weight excluding hydrogens is 211 g/mol. The number of halogens is 2. The standard InChI is InChI=1S/C9H8ClFO3/c10-8(9(12)13)5-14-7-3-1-6(11)2-4-7/h1-4,8H,5H2,(H,12,13). The third-order valence-corrected chi connectivity index (χ3v) is 1.79. The Morgan fingerprint density at radius 2 is 2.07 bits per heavy atom. The van der Waals surface area contributed by atoms with Crippen molar-refractivity contribution >= 4 is 17.6 Å². The van der Waals surface area contributed by atoms with Crippen LogP contribution in [-0.4, -0.2) is 23.1 Å². The van der Waals surface area contributed by atoms with Gasteiger partial charge in [-0.15, -0.1) is 11.6 Å². The Labute approximate surface area is 85.1 Å². The third kappa shape index (κ3) is 3.22. The minimum atomic E-state index is -1.14. The van der Waals surface area contributed by atoms with Crippen LogP contribution >= 0.6 is 11.6 Å². The number of hydrogen-bond donors (Lipinski definition) is 1. The molecule has 5 heteroatoms. The van der Waals surface area contributed by atoms with E-state index in [1.165, 1.54) is 24.3 Å². The summed E-state index contributed by atoms with van der Waals surface area (Å²) >= 11 is 5.40. The highest BCUT2D eigenvalue weighted by atomic mass is 35.5. The van der Waals surface area contributed by atoms with Crippen molar-refractivity contribution in [1.29, 1.82) is 0 Å². The summed E-state index contributed by atoms with van der Waals surface area (Å²) in [6.07, 6.45) is 0. The Bertz CT molecular complexity index is 312. The van der Waals surface area contributed by atoms with Crippen LogP contribution in [0.2, 0.25) is 0 Å². The predicted octanol–water partition coefficient (Wildman–Crippen LogP) is 1.90. The second kappa shape index (κ2) is 4.81. The normalized spacial score (nSPS) is 12.1. The Morgan fingerprint density at radius 3 is 2.57 bits per heavy atom. The van der Waals surface area contributed by atoms with E-state index in [1.54, 1.807) is 0 Å². The van der Waals surface area contributed by atoms with E-state index in [9.17, 15) is 9.18 Å². The molecule has 1 unspecified atom stereocenters. The van der Waals surface area contributed by atoms with Gasteiger partial charge in [0.05, 0.1) is 0 Å². The fourth-order valence-corrected chi connectivity index (χ4v) is 0.834. The number of alkyl halides is 1. The zero-order valence-electron chi connectivity index (χ0n) is 7.11. The van der Waals surface area contributed by atoms with Gasteiger partial charge in [0.25, 0.3) is 0 Å². The van der Waals surface area contributed by atoms with Gasteiger partial charge in [-0.25, -0.2) is 4.39 Å². The summed E-state index contributed by atoms with van der Waals surface area (Å²) in [5.41, 5.74) is 0. The Hall–Kier alpha value is -1.29. The Morgan fingerprint density at radius 1 is 1.50 bits per heavy atom. The number of ether oxygens (including phenoxy) is 1. The van der Waals surface area contributed by atoms with Crippen molar-refractivity contribution in [2.24, 2.45) is 0 Å². The van der Waals surface area contributed by atoms with Crippen LogP contribution in [0.1, 0.15) is 0 Å². The summed E-state index contributed by atoms with van der Waals surface area (Å²) in [4.78, 5) is 10.3. The van der Waals surface area contributed by atoms with Crippen molar-refractivity contribution in [2.75, 3.05) is 6.61 Å². The molecule has 0 aliphatic heterocycles. The zero-order chi connectivity index (χ0) is 10.6. The van der Waals surface area contributed by atoms with Crippen LogP contribution in [0, 0.1) is 5.82 Å². The molecule has 0 aromatic heterocycles. The molecule has 0 aliphatic rings. The predicted molar refractivity (Wildman–Crippen MR) is 49.2 cm³/mol. The fraction of sp³-hybridized carbons (Fsp3) is 0.222. The summed E-state index contributed by atoms with van der Waals surface area (Å²) in [6, 6.07) is 5.25. The monoisotopic (exact) mass is 218 g/mol. The molecule has 0 bridgehead atoms. The van der Waals surface area contributed by atoms with Gasteiger partial charge in [-0.2, -0.15) is 0 Å². The quantitative estimate of drug-likeness (QED) is 0.786. The van der Waals surface area contributed by atoms with Gasteiger partial charge in [0, 0.05) is 0 Å². The molecule has 1 aromatic carbocycles. The van der Waals surface area contributed by atoms with Crippen LogP contribution in [0.25, 0.3) is 0 Å². The lowest BCUT2D eigenvalue weighted by Gasteiger charge is -2.07. The topological polar surface area (TPSA) is 46.5 Å². The fourth-order valence-electron chi connectivity index (χ4n) is 0.771. The number of carboxylic acid groups (broad SMARTS) is 1. The highest BCUT2D eigenvalue weighted by Crippen LogP contribution is 2.12. The molecule has 1 rings (SSSR count). The number of carboxylic acids is 1. The van der Waals surface area contributed by atoms with Crippen molar-refractivity contribution in [3.63, 3.8) is 0 Å². The number of benzene rings is 1. The maximum absolute atomic E-state index is 12.4. The average Bonchev–Trinajstić information content (AvgIpc) is 2.16. The van der Waals surface area contributed by atoms with Gasteiger partial charge in [0.2, 0.25) is 0 Å². The highest BCUT2D eigenvalue weighted by molar-refractivity contribution is 6.29. The number of rotatable bonds is 4. The first kappa shape index (κ1) is 10.8. The molecule has 0 saturated carbocycles. The lowest BCUT2D eigenvalue weighted by Crippen LogP contribution is -2.21. The molecule has 14 heavy (non-hydrogen) atoms. The maximum atomic E-state index is 12.4. The second-order valence-electron chi connectivity index (χ2n) is 2.57. The first-order valence-electron chi connectivity index (χ1n) is 3.85. The van der Waals surface area contributed by atoms with E-state index in [1.807, 2.05) is 0 Å². The lowest BCUT2D eigenvalue weighted by molar-refractivity contribution is -0.137. The van der Waals surface area contributed by atoms with Crippen molar-refractivity contribution in [1.82, 2.24) is 0 Å². The number of hydrogen-bond acceptors (Lipinski definition) is 2. The van der Waals surface area contributed by atoms with Crippen molar-refractivity contribution in [3.8, 4) is 5.75 Å². The molecule has 0 amide bonds. The summed E-state index contributed by atoms with van der Waals surface area (Å²) < 4.78 is 17.4. The average molecular weight is 219 g/mol. The zero-order valence-corrected chi connectivity index (χ0v) is 7.87. The van der Waals surface area contributed by atoms with Gasteiger partial charge < -0.3 is 9.84 Å². The molecule has 0 saturated heterocycles. The Kier molecular flexibility index (Phi) is 3.71. The van der Waals surface area contributed by atoms with E-state index >= 15 is 0 Å². The van der Waals surface area contributed by atoms with Gasteiger partial charge in [-0.05, 0) is 24.3 Å². The molecule has 0 aliphatic carbocycles. The summed E-state index contributed by atoms with van der Waals surface area (Å²) in [7, 11) is 0. The van der Waals surface area contributed by atoms with Gasteiger partial charge in [0.1, 0.15) is 18.2 Å². The van der Waals surface area contributed by atoms with Crippen LogP contribution in [0.15, 0.2) is 24.3 Å². The molecule has 0 heterocycles. The maximum Gasteiger partial charge on any atom is 0.325 e. The van der Waals surface area contributed by atoms with Crippen LogP contribution in [0.4, 0.5) is 4.39 Å². The van der Waals surface area contributed by atoms with E-state index < -0.39 is 11.3 Å². The molecule has 1 aromatic rings. The van der Waals surface area contributed by atoms with Gasteiger partial charge in [0.15, 0.2) is 5.38 Å². The summed E-state index contributed by atoms with van der Waals surface area (Å²) in [6.45, 7) is -0.150. The van der Waals surface area contributed by atoms with Gasteiger partial charge >= 0.3 is 5.97 Å². The minimum Gasteiger partial charge on any atom is -0.491 e. The van der Waals surface area contributed by atoms with E-state index in [4.69, 9.17) is 21.4 Å². The number of aliphatic carboxylic acids is 1. The highest BCUT2D eigenvalue weighted by Gasteiger charge is 2.13. The summed E-state index contributed by atoms with van der Waals surface area (Å²) in [5.74, 6) is -1.13. The molecular formula is C9H8ClFO3. The van der Waals surface area contributed by atoms with E-state index in [2.05, 4.69) is 0 Å². The smallest absolute Gasteiger partial charge is 0.325 e. The first-order valence-corrected chi connectivity index (χ1v) is 4.28. The molecule has 1 N–H and O–H groups in total. The summed E-state index contributed by atoms with van der Waals surface area (Å²) in [5, 5.41) is 7.34.